The molecule has 5 aromatic carbocycles. The second kappa shape index (κ2) is 4.70. The van der Waals surface area contributed by atoms with Crippen molar-refractivity contribution in [2.75, 3.05) is 0 Å². The van der Waals surface area contributed by atoms with Crippen LogP contribution in [0.4, 0.5) is 0 Å². The van der Waals surface area contributed by atoms with Gasteiger partial charge in [0, 0.05) is 0 Å². The van der Waals surface area contributed by atoms with E-state index in [4.69, 9.17) is 0 Å². The van der Waals surface area contributed by atoms with Crippen LogP contribution in [-0.4, -0.2) is 0 Å². The fourth-order valence-electron chi connectivity index (χ4n) is 4.21. The minimum Gasteiger partial charge on any atom is -0.0651 e. The Morgan fingerprint density at radius 2 is 1.17 bits per heavy atom. The Hall–Kier alpha value is -2.60. The van der Waals surface area contributed by atoms with Crippen LogP contribution in [0.1, 0.15) is 18.9 Å². The van der Waals surface area contributed by atoms with Crippen molar-refractivity contribution >= 4 is 43.1 Å². The Bertz CT molecular complexity index is 1160. The first-order chi connectivity index (χ1) is 11.4. The van der Waals surface area contributed by atoms with Gasteiger partial charge >= 0.3 is 0 Å². The molecular weight excluding hydrogens is 276 g/mol. The lowest BCUT2D eigenvalue weighted by Gasteiger charge is -2.16. The zero-order chi connectivity index (χ0) is 15.4. The van der Waals surface area contributed by atoms with Crippen molar-refractivity contribution in [3.8, 4) is 0 Å². The topological polar surface area (TPSA) is 0 Å². The van der Waals surface area contributed by atoms with Gasteiger partial charge in [-0.05, 0) is 55.1 Å². The van der Waals surface area contributed by atoms with Crippen molar-refractivity contribution in [1.29, 1.82) is 0 Å². The average Bonchev–Trinajstić information content (AvgIpc) is 2.60. The molecule has 0 N–H and O–H groups in total. The largest absolute Gasteiger partial charge is 0.0651 e. The first-order valence-corrected chi connectivity index (χ1v) is 8.45. The van der Waals surface area contributed by atoms with Gasteiger partial charge in [-0.2, -0.15) is 0 Å². The minimum atomic E-state index is 1.14. The van der Waals surface area contributed by atoms with Crippen molar-refractivity contribution in [1.82, 2.24) is 0 Å². The minimum absolute atomic E-state index is 1.14. The molecule has 0 saturated carbocycles. The molecule has 0 saturated heterocycles. The Morgan fingerprint density at radius 3 is 1.87 bits per heavy atom. The van der Waals surface area contributed by atoms with Crippen LogP contribution in [0.25, 0.3) is 43.1 Å². The molecule has 0 nitrogen and oxygen atoms in total. The maximum absolute atomic E-state index is 2.33. The van der Waals surface area contributed by atoms with Crippen LogP contribution in [0.15, 0.2) is 66.7 Å². The lowest BCUT2D eigenvalue weighted by molar-refractivity contribution is 0.930. The summed E-state index contributed by atoms with van der Waals surface area (Å²) < 4.78 is 0. The van der Waals surface area contributed by atoms with E-state index < -0.39 is 0 Å². The fourth-order valence-corrected chi connectivity index (χ4v) is 4.21. The van der Waals surface area contributed by atoms with E-state index in [1.165, 1.54) is 55.1 Å². The molecule has 0 aliphatic heterocycles. The molecule has 0 heteroatoms. The summed E-state index contributed by atoms with van der Waals surface area (Å²) in [6.07, 6.45) is 2.32. The van der Waals surface area contributed by atoms with Crippen molar-refractivity contribution < 1.29 is 0 Å². The quantitative estimate of drug-likeness (QED) is 0.251. The number of hydrogen-bond acceptors (Lipinski definition) is 0. The van der Waals surface area contributed by atoms with E-state index in [1.807, 2.05) is 0 Å². The molecule has 0 atom stereocenters. The molecular formula is C23H18. The third kappa shape index (κ3) is 1.66. The van der Waals surface area contributed by atoms with E-state index in [9.17, 15) is 0 Å². The summed E-state index contributed by atoms with van der Waals surface area (Å²) in [6, 6.07) is 24.8. The van der Waals surface area contributed by atoms with Gasteiger partial charge in [-0.15, -0.1) is 0 Å². The van der Waals surface area contributed by atoms with Crippen LogP contribution in [0.5, 0.6) is 0 Å². The summed E-state index contributed by atoms with van der Waals surface area (Å²) in [5.74, 6) is 0. The maximum Gasteiger partial charge on any atom is -0.00236 e. The lowest BCUT2D eigenvalue weighted by atomic mass is 9.87. The van der Waals surface area contributed by atoms with Gasteiger partial charge in [0.2, 0.25) is 0 Å². The third-order valence-electron chi connectivity index (χ3n) is 5.12. The van der Waals surface area contributed by atoms with Crippen molar-refractivity contribution in [2.45, 2.75) is 19.8 Å². The fraction of sp³-hybridized carbons (Fsp3) is 0.130. The van der Waals surface area contributed by atoms with E-state index in [2.05, 4.69) is 73.7 Å². The van der Waals surface area contributed by atoms with E-state index in [1.54, 1.807) is 0 Å². The predicted octanol–water partition coefficient (Wildman–Crippen LogP) is 6.69. The summed E-state index contributed by atoms with van der Waals surface area (Å²) in [5, 5.41) is 11.2. The predicted molar refractivity (Wildman–Crippen MR) is 102 cm³/mol. The SMILES string of the molecule is CCCc1ccc2cccc3c4cccc5cccc(c1c23)c54. The molecule has 0 aromatic heterocycles. The van der Waals surface area contributed by atoms with Crippen molar-refractivity contribution in [2.24, 2.45) is 0 Å². The molecule has 110 valence electrons. The van der Waals surface area contributed by atoms with Gasteiger partial charge in [-0.1, -0.05) is 80.1 Å². The first-order valence-electron chi connectivity index (χ1n) is 8.45. The summed E-state index contributed by atoms with van der Waals surface area (Å²) in [5.41, 5.74) is 1.48. The molecule has 0 spiro atoms. The second-order valence-corrected chi connectivity index (χ2v) is 6.46. The molecule has 5 rings (SSSR count). The highest BCUT2D eigenvalue weighted by molar-refractivity contribution is 6.33. The van der Waals surface area contributed by atoms with Gasteiger partial charge in [0.1, 0.15) is 0 Å². The number of benzene rings is 5. The molecule has 0 unspecified atom stereocenters. The lowest BCUT2D eigenvalue weighted by Crippen LogP contribution is -1.92. The average molecular weight is 294 g/mol. The van der Waals surface area contributed by atoms with Gasteiger partial charge in [-0.25, -0.2) is 0 Å². The molecule has 0 aliphatic rings. The van der Waals surface area contributed by atoms with Crippen LogP contribution < -0.4 is 0 Å². The molecule has 5 aromatic rings. The van der Waals surface area contributed by atoms with Gasteiger partial charge in [0.25, 0.3) is 0 Å². The highest BCUT2D eigenvalue weighted by Crippen LogP contribution is 2.41. The van der Waals surface area contributed by atoms with Crippen LogP contribution >= 0.6 is 0 Å². The summed E-state index contributed by atoms with van der Waals surface area (Å²) in [4.78, 5) is 0. The van der Waals surface area contributed by atoms with E-state index in [0.717, 1.165) is 6.42 Å². The zero-order valence-corrected chi connectivity index (χ0v) is 13.3. The highest BCUT2D eigenvalue weighted by atomic mass is 14.2. The molecule has 0 radical (unpaired) electrons. The third-order valence-corrected chi connectivity index (χ3v) is 5.12. The number of rotatable bonds is 2. The Kier molecular flexibility index (Phi) is 2.63. The molecule has 0 bridgehead atoms. The Labute approximate surface area is 135 Å². The van der Waals surface area contributed by atoms with E-state index >= 15 is 0 Å². The number of aryl methyl sites for hydroxylation is 1. The summed E-state index contributed by atoms with van der Waals surface area (Å²) in [6.45, 7) is 2.26. The normalized spacial score (nSPS) is 12.0. The van der Waals surface area contributed by atoms with Crippen molar-refractivity contribution in [3.63, 3.8) is 0 Å². The molecule has 0 heterocycles. The molecule has 0 aliphatic carbocycles. The van der Waals surface area contributed by atoms with Gasteiger partial charge in [0.15, 0.2) is 0 Å². The van der Waals surface area contributed by atoms with Gasteiger partial charge in [-0.3, -0.25) is 0 Å². The smallest absolute Gasteiger partial charge is 0.00236 e. The second-order valence-electron chi connectivity index (χ2n) is 6.46. The summed E-state index contributed by atoms with van der Waals surface area (Å²) >= 11 is 0. The number of hydrogen-bond donors (Lipinski definition) is 0. The van der Waals surface area contributed by atoms with Gasteiger partial charge in [0.05, 0.1) is 0 Å². The molecule has 0 fully saturated rings. The molecule has 0 amide bonds. The van der Waals surface area contributed by atoms with E-state index in [0.29, 0.717) is 0 Å². The van der Waals surface area contributed by atoms with Crippen LogP contribution in [-0.2, 0) is 6.42 Å². The van der Waals surface area contributed by atoms with Crippen LogP contribution in [0, 0.1) is 0 Å². The highest BCUT2D eigenvalue weighted by Gasteiger charge is 2.14. The van der Waals surface area contributed by atoms with Crippen LogP contribution in [0.3, 0.4) is 0 Å². The first kappa shape index (κ1) is 12.9. The Balaban J connectivity index is 2.20. The maximum atomic E-state index is 2.33. The standard InChI is InChI=1S/C23H18/c1-2-6-15-13-14-17-9-4-11-19-18-10-3-7-16-8-5-12-20(21(16)18)23(15)22(17)19/h3-5,7-14H,2,6H2,1H3. The Morgan fingerprint density at radius 1 is 0.565 bits per heavy atom. The zero-order valence-electron chi connectivity index (χ0n) is 13.3. The monoisotopic (exact) mass is 294 g/mol. The van der Waals surface area contributed by atoms with Crippen molar-refractivity contribution in [3.05, 3.63) is 72.3 Å². The van der Waals surface area contributed by atoms with Gasteiger partial charge < -0.3 is 0 Å². The summed E-state index contributed by atoms with van der Waals surface area (Å²) in [7, 11) is 0. The molecule has 23 heavy (non-hydrogen) atoms. The van der Waals surface area contributed by atoms with Crippen LogP contribution in [0.2, 0.25) is 0 Å². The van der Waals surface area contributed by atoms with E-state index in [-0.39, 0.29) is 0 Å². The number of fused-ring (bicyclic) bond motifs is 2.